The van der Waals surface area contributed by atoms with Crippen molar-refractivity contribution in [3.8, 4) is 22.5 Å². The quantitative estimate of drug-likeness (QED) is 0.676. The van der Waals surface area contributed by atoms with Crippen molar-refractivity contribution in [3.63, 3.8) is 0 Å². The molecule has 0 bridgehead atoms. The van der Waals surface area contributed by atoms with Crippen molar-refractivity contribution in [1.82, 2.24) is 20.3 Å². The minimum atomic E-state index is -0.0224. The molecule has 0 spiro atoms. The minimum Gasteiger partial charge on any atom is -0.384 e. The molecule has 0 aliphatic carbocycles. The third-order valence-electron chi connectivity index (χ3n) is 3.96. The Bertz CT molecular complexity index is 883. The zero-order chi connectivity index (χ0) is 15.8. The molecule has 6 heteroatoms. The van der Waals surface area contributed by atoms with Crippen molar-refractivity contribution in [2.75, 3.05) is 12.3 Å². The fourth-order valence-electron chi connectivity index (χ4n) is 2.76. The third kappa shape index (κ3) is 2.74. The van der Waals surface area contributed by atoms with Gasteiger partial charge in [-0.05, 0) is 30.3 Å². The number of nitrogen functional groups attached to an aromatic ring is 1. The molecule has 0 saturated heterocycles. The number of aromatic nitrogens is 3. The van der Waals surface area contributed by atoms with E-state index in [-0.39, 0.29) is 13.3 Å². The Labute approximate surface area is 140 Å². The maximum absolute atomic E-state index is 11.9. The summed E-state index contributed by atoms with van der Waals surface area (Å²) in [5, 5.41) is 2.85. The summed E-state index contributed by atoms with van der Waals surface area (Å²) in [6, 6.07) is 9.43. The monoisotopic (exact) mass is 321 g/mol. The third-order valence-corrected chi connectivity index (χ3v) is 3.96. The van der Waals surface area contributed by atoms with Crippen LogP contribution >= 0.6 is 0 Å². The van der Waals surface area contributed by atoms with Crippen molar-refractivity contribution in [3.05, 3.63) is 54.0 Å². The number of hydrogen-bond acceptors (Lipinski definition) is 4. The first kappa shape index (κ1) is 15.7. The number of H-pyrrole nitrogens is 1. The second-order valence-corrected chi connectivity index (χ2v) is 5.48. The summed E-state index contributed by atoms with van der Waals surface area (Å²) in [7, 11) is 0. The second kappa shape index (κ2) is 6.16. The van der Waals surface area contributed by atoms with Gasteiger partial charge in [0.1, 0.15) is 5.82 Å². The van der Waals surface area contributed by atoms with Crippen LogP contribution < -0.4 is 11.1 Å². The molecule has 3 aromatic rings. The predicted octanol–water partition coefficient (Wildman–Crippen LogP) is 2.64. The van der Waals surface area contributed by atoms with Crippen LogP contribution in [0, 0.1) is 0 Å². The predicted molar refractivity (Wildman–Crippen MR) is 94.4 cm³/mol. The van der Waals surface area contributed by atoms with Gasteiger partial charge in [-0.2, -0.15) is 0 Å². The van der Waals surface area contributed by atoms with Gasteiger partial charge in [-0.25, -0.2) is 4.98 Å². The molecular weight excluding hydrogens is 302 g/mol. The van der Waals surface area contributed by atoms with E-state index in [0.717, 1.165) is 40.2 Å². The topological polar surface area (TPSA) is 96.7 Å². The van der Waals surface area contributed by atoms with Crippen molar-refractivity contribution in [2.45, 2.75) is 13.8 Å². The van der Waals surface area contributed by atoms with Crippen LogP contribution in [0.3, 0.4) is 0 Å². The Balaban J connectivity index is 0.00000169. The Morgan fingerprint density at radius 3 is 2.71 bits per heavy atom. The molecule has 0 saturated carbocycles. The number of carbonyl (C=O) groups excluding carboxylic acids is 1. The smallest absolute Gasteiger partial charge is 0.253 e. The lowest BCUT2D eigenvalue weighted by Crippen LogP contribution is -2.31. The Morgan fingerprint density at radius 1 is 1.08 bits per heavy atom. The maximum Gasteiger partial charge on any atom is 0.253 e. The van der Waals surface area contributed by atoms with Crippen molar-refractivity contribution < 1.29 is 4.79 Å². The number of nitrogens with two attached hydrogens (primary N) is 1. The number of aromatic amines is 1. The van der Waals surface area contributed by atoms with Crippen LogP contribution in [-0.4, -0.2) is 27.4 Å². The Kier molecular flexibility index (Phi) is 4.04. The standard InChI is InChI=1S/C17H15N5O.CH4/c18-16-2-1-11(9-21-16)14-7-10(3-5-19-14)15-8-12-13(22-15)4-6-20-17(12)23;/h1-3,5,7-9,22H,4,6H2,(H2,18,21)(H,20,23);1H4. The molecule has 0 unspecified atom stereocenters. The maximum atomic E-state index is 11.9. The van der Waals surface area contributed by atoms with Gasteiger partial charge in [-0.1, -0.05) is 7.43 Å². The molecule has 4 rings (SSSR count). The minimum absolute atomic E-state index is 0. The zero-order valence-electron chi connectivity index (χ0n) is 12.3. The number of pyridine rings is 2. The van der Waals surface area contributed by atoms with Gasteiger partial charge in [0.15, 0.2) is 0 Å². The zero-order valence-corrected chi connectivity index (χ0v) is 12.3. The highest BCUT2D eigenvalue weighted by Crippen LogP contribution is 2.27. The highest BCUT2D eigenvalue weighted by atomic mass is 16.1. The van der Waals surface area contributed by atoms with E-state index < -0.39 is 0 Å². The van der Waals surface area contributed by atoms with Gasteiger partial charge >= 0.3 is 0 Å². The number of hydrogen-bond donors (Lipinski definition) is 3. The largest absolute Gasteiger partial charge is 0.384 e. The summed E-state index contributed by atoms with van der Waals surface area (Å²) in [5.41, 5.74) is 10.9. The van der Waals surface area contributed by atoms with Crippen molar-refractivity contribution in [1.29, 1.82) is 0 Å². The summed E-state index contributed by atoms with van der Waals surface area (Å²) in [5.74, 6) is 0.457. The normalized spacial score (nSPS) is 12.9. The molecule has 0 fully saturated rings. The lowest BCUT2D eigenvalue weighted by Gasteiger charge is -2.10. The summed E-state index contributed by atoms with van der Waals surface area (Å²) in [4.78, 5) is 23.7. The molecular formula is C18H19N5O. The number of fused-ring (bicyclic) bond motifs is 1. The lowest BCUT2D eigenvalue weighted by atomic mass is 10.1. The van der Waals surface area contributed by atoms with Crippen LogP contribution in [0.4, 0.5) is 5.82 Å². The molecule has 24 heavy (non-hydrogen) atoms. The number of anilines is 1. The molecule has 4 heterocycles. The van der Waals surface area contributed by atoms with Crippen LogP contribution in [0.2, 0.25) is 0 Å². The average molecular weight is 321 g/mol. The molecule has 1 aliphatic rings. The second-order valence-electron chi connectivity index (χ2n) is 5.48. The number of nitrogens with one attached hydrogen (secondary N) is 2. The molecule has 1 aliphatic heterocycles. The fourth-order valence-corrected chi connectivity index (χ4v) is 2.76. The van der Waals surface area contributed by atoms with Gasteiger partial charge in [0.25, 0.3) is 5.91 Å². The van der Waals surface area contributed by atoms with E-state index in [1.54, 1.807) is 18.5 Å². The molecule has 1 amide bonds. The van der Waals surface area contributed by atoms with Crippen molar-refractivity contribution in [2.24, 2.45) is 0 Å². The first-order chi connectivity index (χ1) is 11.2. The molecule has 0 aromatic carbocycles. The number of amides is 1. The van der Waals surface area contributed by atoms with E-state index in [2.05, 4.69) is 20.3 Å². The van der Waals surface area contributed by atoms with E-state index >= 15 is 0 Å². The highest BCUT2D eigenvalue weighted by Gasteiger charge is 2.20. The fraction of sp³-hybridized carbons (Fsp3) is 0.167. The molecule has 122 valence electrons. The number of nitrogens with zero attached hydrogens (tertiary/aromatic N) is 2. The lowest BCUT2D eigenvalue weighted by molar-refractivity contribution is 0.0946. The van der Waals surface area contributed by atoms with Gasteiger partial charge in [0.05, 0.1) is 11.3 Å². The summed E-state index contributed by atoms with van der Waals surface area (Å²) < 4.78 is 0. The van der Waals surface area contributed by atoms with Crippen LogP contribution in [0.1, 0.15) is 23.5 Å². The van der Waals surface area contributed by atoms with Gasteiger partial charge in [0.2, 0.25) is 0 Å². The first-order valence-corrected chi connectivity index (χ1v) is 7.39. The van der Waals surface area contributed by atoms with E-state index in [9.17, 15) is 4.79 Å². The SMILES string of the molecule is C.Nc1ccc(-c2cc(-c3cc4c([nH]3)CCNC4=O)ccn2)cn1. The molecule has 0 atom stereocenters. The Hall–Kier alpha value is -3.15. The van der Waals surface area contributed by atoms with Crippen molar-refractivity contribution >= 4 is 11.7 Å². The van der Waals surface area contributed by atoms with E-state index in [0.29, 0.717) is 12.4 Å². The van der Waals surface area contributed by atoms with E-state index in [4.69, 9.17) is 5.73 Å². The number of carbonyl (C=O) groups is 1. The average Bonchev–Trinajstić information content (AvgIpc) is 3.01. The van der Waals surface area contributed by atoms with Gasteiger partial charge in [-0.3, -0.25) is 9.78 Å². The van der Waals surface area contributed by atoms with Gasteiger partial charge in [-0.15, -0.1) is 0 Å². The molecule has 3 aromatic heterocycles. The summed E-state index contributed by atoms with van der Waals surface area (Å²) >= 11 is 0. The van der Waals surface area contributed by atoms with E-state index in [1.165, 1.54) is 0 Å². The molecule has 4 N–H and O–H groups in total. The van der Waals surface area contributed by atoms with Gasteiger partial charge < -0.3 is 16.0 Å². The van der Waals surface area contributed by atoms with Crippen LogP contribution in [0.15, 0.2) is 42.7 Å². The van der Waals surface area contributed by atoms with Crippen LogP contribution in [0.5, 0.6) is 0 Å². The molecule has 6 nitrogen and oxygen atoms in total. The van der Waals surface area contributed by atoms with Crippen LogP contribution in [-0.2, 0) is 6.42 Å². The molecule has 0 radical (unpaired) electrons. The Morgan fingerprint density at radius 2 is 1.96 bits per heavy atom. The first-order valence-electron chi connectivity index (χ1n) is 7.39. The van der Waals surface area contributed by atoms with Gasteiger partial charge in [0, 0.05) is 47.9 Å². The highest BCUT2D eigenvalue weighted by molar-refractivity contribution is 5.97. The summed E-state index contributed by atoms with van der Waals surface area (Å²) in [6.45, 7) is 0.671. The number of rotatable bonds is 2. The summed E-state index contributed by atoms with van der Waals surface area (Å²) in [6.07, 6.45) is 4.27. The van der Waals surface area contributed by atoms with Crippen LogP contribution in [0.25, 0.3) is 22.5 Å². The van der Waals surface area contributed by atoms with E-state index in [1.807, 2.05) is 24.3 Å².